The Morgan fingerprint density at radius 1 is 1.09 bits per heavy atom. The minimum Gasteiger partial charge on any atom is -0.361 e. The normalized spacial score (nSPS) is 16.8. The first-order valence-corrected chi connectivity index (χ1v) is 8.15. The molecule has 1 fully saturated rings. The highest BCUT2D eigenvalue weighted by Crippen LogP contribution is 2.21. The lowest BCUT2D eigenvalue weighted by molar-refractivity contribution is 0.247. The van der Waals surface area contributed by atoms with Crippen molar-refractivity contribution in [3.63, 3.8) is 0 Å². The lowest BCUT2D eigenvalue weighted by Gasteiger charge is -2.35. The smallest absolute Gasteiger partial charge is 0.151 e. The minimum atomic E-state index is 0.0424. The predicted molar refractivity (Wildman–Crippen MR) is 89.5 cm³/mol. The van der Waals surface area contributed by atoms with Crippen molar-refractivity contribution in [2.75, 3.05) is 31.1 Å². The number of piperazine rings is 1. The van der Waals surface area contributed by atoms with Crippen LogP contribution in [0.4, 0.5) is 5.82 Å². The summed E-state index contributed by atoms with van der Waals surface area (Å²) in [6, 6.07) is 4.18. The van der Waals surface area contributed by atoms with Gasteiger partial charge in [0.15, 0.2) is 5.82 Å². The summed E-state index contributed by atoms with van der Waals surface area (Å²) in [5.41, 5.74) is 2.25. The van der Waals surface area contributed by atoms with Crippen LogP contribution >= 0.6 is 0 Å². The fraction of sp³-hybridized carbons (Fsp3) is 0.588. The molecule has 1 aliphatic heterocycles. The number of hydrogen-bond acceptors (Lipinski definition) is 6. The highest BCUT2D eigenvalue weighted by atomic mass is 16.5. The maximum Gasteiger partial charge on any atom is 0.151 e. The molecular weight excluding hydrogens is 290 g/mol. The lowest BCUT2D eigenvalue weighted by atomic mass is 9.92. The Morgan fingerprint density at radius 3 is 2.35 bits per heavy atom. The summed E-state index contributed by atoms with van der Waals surface area (Å²) < 4.78 is 5.13. The summed E-state index contributed by atoms with van der Waals surface area (Å²) in [4.78, 5) is 4.73. The molecule has 23 heavy (non-hydrogen) atoms. The lowest BCUT2D eigenvalue weighted by Crippen LogP contribution is -2.46. The van der Waals surface area contributed by atoms with E-state index in [-0.39, 0.29) is 5.41 Å². The van der Waals surface area contributed by atoms with E-state index in [1.165, 1.54) is 5.56 Å². The van der Waals surface area contributed by atoms with Gasteiger partial charge in [-0.25, -0.2) is 0 Å². The Balaban J connectivity index is 1.57. The maximum absolute atomic E-state index is 5.13. The molecule has 2 aromatic heterocycles. The van der Waals surface area contributed by atoms with Crippen molar-refractivity contribution in [1.82, 2.24) is 20.3 Å². The molecule has 124 valence electrons. The van der Waals surface area contributed by atoms with E-state index in [1.807, 2.05) is 13.1 Å². The van der Waals surface area contributed by atoms with E-state index in [1.54, 1.807) is 0 Å². The molecule has 3 heterocycles. The molecule has 0 radical (unpaired) electrons. The average Bonchev–Trinajstić information content (AvgIpc) is 2.93. The van der Waals surface area contributed by atoms with Crippen molar-refractivity contribution in [3.05, 3.63) is 35.3 Å². The van der Waals surface area contributed by atoms with Gasteiger partial charge in [0.05, 0.1) is 11.9 Å². The summed E-state index contributed by atoms with van der Waals surface area (Å²) in [5.74, 6) is 1.88. The maximum atomic E-state index is 5.13. The molecule has 1 aliphatic rings. The van der Waals surface area contributed by atoms with Crippen molar-refractivity contribution < 1.29 is 4.52 Å². The van der Waals surface area contributed by atoms with Gasteiger partial charge in [0.1, 0.15) is 5.76 Å². The number of nitrogens with zero attached hydrogens (tertiary/aromatic N) is 5. The molecule has 0 unspecified atom stereocenters. The van der Waals surface area contributed by atoms with Gasteiger partial charge in [0.2, 0.25) is 0 Å². The van der Waals surface area contributed by atoms with Gasteiger partial charge < -0.3 is 9.42 Å². The molecule has 0 bridgehead atoms. The van der Waals surface area contributed by atoms with Crippen molar-refractivity contribution in [3.8, 4) is 0 Å². The highest BCUT2D eigenvalue weighted by molar-refractivity contribution is 5.38. The zero-order valence-corrected chi connectivity index (χ0v) is 14.4. The fourth-order valence-electron chi connectivity index (χ4n) is 2.74. The van der Waals surface area contributed by atoms with Crippen LogP contribution in [0.5, 0.6) is 0 Å². The third-order valence-corrected chi connectivity index (χ3v) is 4.36. The van der Waals surface area contributed by atoms with Crippen molar-refractivity contribution in [2.24, 2.45) is 0 Å². The van der Waals surface area contributed by atoms with Crippen LogP contribution in [-0.4, -0.2) is 46.4 Å². The van der Waals surface area contributed by atoms with Gasteiger partial charge in [0.25, 0.3) is 0 Å². The molecule has 0 atom stereocenters. The first-order valence-electron chi connectivity index (χ1n) is 8.15. The molecule has 0 N–H and O–H groups in total. The van der Waals surface area contributed by atoms with E-state index in [4.69, 9.17) is 4.52 Å². The van der Waals surface area contributed by atoms with Crippen LogP contribution in [0, 0.1) is 6.92 Å². The summed E-state index contributed by atoms with van der Waals surface area (Å²) >= 11 is 0. The molecule has 0 saturated carbocycles. The summed E-state index contributed by atoms with van der Waals surface area (Å²) in [6.07, 6.45) is 1.82. The van der Waals surface area contributed by atoms with E-state index in [9.17, 15) is 0 Å². The summed E-state index contributed by atoms with van der Waals surface area (Å²) in [7, 11) is 0. The second-order valence-electron chi connectivity index (χ2n) is 7.20. The van der Waals surface area contributed by atoms with Crippen LogP contribution in [0.15, 0.2) is 22.9 Å². The van der Waals surface area contributed by atoms with Crippen LogP contribution < -0.4 is 4.90 Å². The van der Waals surface area contributed by atoms with E-state index >= 15 is 0 Å². The standard InChI is InChI=1S/C17H25N5O/c1-13-14(11-18-23-13)12-21-7-9-22(10-8-21)16-6-5-15(19-20-16)17(2,3)4/h5-6,11H,7-10,12H2,1-4H3. The largest absolute Gasteiger partial charge is 0.361 e. The van der Waals surface area contributed by atoms with Crippen LogP contribution in [0.2, 0.25) is 0 Å². The minimum absolute atomic E-state index is 0.0424. The predicted octanol–water partition coefficient (Wildman–Crippen LogP) is 2.39. The molecular formula is C17H25N5O. The van der Waals surface area contributed by atoms with E-state index in [0.29, 0.717) is 0 Å². The Hall–Kier alpha value is -1.95. The Kier molecular flexibility index (Phi) is 4.35. The number of anilines is 1. The van der Waals surface area contributed by atoms with Gasteiger partial charge in [-0.3, -0.25) is 4.90 Å². The Bertz CT molecular complexity index is 636. The molecule has 6 nitrogen and oxygen atoms in total. The second-order valence-corrected chi connectivity index (χ2v) is 7.20. The molecule has 2 aromatic rings. The van der Waals surface area contributed by atoms with Gasteiger partial charge in [-0.1, -0.05) is 25.9 Å². The molecule has 6 heteroatoms. The molecule has 0 aromatic carbocycles. The molecule has 0 amide bonds. The number of aryl methyl sites for hydroxylation is 1. The van der Waals surface area contributed by atoms with Crippen molar-refractivity contribution in [1.29, 1.82) is 0 Å². The van der Waals surface area contributed by atoms with E-state index in [0.717, 1.165) is 50.0 Å². The SMILES string of the molecule is Cc1oncc1CN1CCN(c2ccc(C(C)(C)C)nn2)CC1. The van der Waals surface area contributed by atoms with Crippen LogP contribution in [-0.2, 0) is 12.0 Å². The van der Waals surface area contributed by atoms with Crippen LogP contribution in [0.1, 0.15) is 37.8 Å². The fourth-order valence-corrected chi connectivity index (χ4v) is 2.74. The quantitative estimate of drug-likeness (QED) is 0.867. The van der Waals surface area contributed by atoms with Crippen molar-refractivity contribution in [2.45, 2.75) is 39.7 Å². The van der Waals surface area contributed by atoms with Crippen LogP contribution in [0.3, 0.4) is 0 Å². The van der Waals surface area contributed by atoms with Gasteiger partial charge in [-0.2, -0.15) is 5.10 Å². The first-order chi connectivity index (χ1) is 10.9. The summed E-state index contributed by atoms with van der Waals surface area (Å²) in [6.45, 7) is 13.3. The monoisotopic (exact) mass is 315 g/mol. The first kappa shape index (κ1) is 15.9. The van der Waals surface area contributed by atoms with E-state index < -0.39 is 0 Å². The zero-order valence-electron chi connectivity index (χ0n) is 14.4. The van der Waals surface area contributed by atoms with Gasteiger partial charge in [-0.05, 0) is 19.1 Å². The van der Waals surface area contributed by atoms with Crippen molar-refractivity contribution >= 4 is 5.82 Å². The number of aromatic nitrogens is 3. The molecule has 0 spiro atoms. The van der Waals surface area contributed by atoms with Gasteiger partial charge in [0, 0.05) is 43.7 Å². The highest BCUT2D eigenvalue weighted by Gasteiger charge is 2.21. The Morgan fingerprint density at radius 2 is 1.83 bits per heavy atom. The number of rotatable bonds is 3. The van der Waals surface area contributed by atoms with Gasteiger partial charge >= 0.3 is 0 Å². The zero-order chi connectivity index (χ0) is 16.4. The second kappa shape index (κ2) is 6.28. The molecule has 1 saturated heterocycles. The van der Waals surface area contributed by atoms with Crippen LogP contribution in [0.25, 0.3) is 0 Å². The molecule has 0 aliphatic carbocycles. The number of hydrogen-bond donors (Lipinski definition) is 0. The Labute approximate surface area is 137 Å². The van der Waals surface area contributed by atoms with E-state index in [2.05, 4.69) is 58.1 Å². The topological polar surface area (TPSA) is 58.3 Å². The third kappa shape index (κ3) is 3.69. The third-order valence-electron chi connectivity index (χ3n) is 4.36. The average molecular weight is 315 g/mol. The molecule has 3 rings (SSSR count). The van der Waals surface area contributed by atoms with Gasteiger partial charge in [-0.15, -0.1) is 5.10 Å². The summed E-state index contributed by atoms with van der Waals surface area (Å²) in [5, 5.41) is 12.7.